The second-order valence-electron chi connectivity index (χ2n) is 5.70. The Bertz CT molecular complexity index is 1280. The summed E-state index contributed by atoms with van der Waals surface area (Å²) in [6, 6.07) is 7.83. The molecule has 0 unspecified atom stereocenters. The van der Waals surface area contributed by atoms with Gasteiger partial charge in [-0.15, -0.1) is 5.10 Å². The van der Waals surface area contributed by atoms with Crippen molar-refractivity contribution < 1.29 is 13.2 Å². The van der Waals surface area contributed by atoms with Crippen molar-refractivity contribution >= 4 is 21.6 Å². The van der Waals surface area contributed by atoms with Crippen LogP contribution in [0.15, 0.2) is 53.8 Å². The van der Waals surface area contributed by atoms with Gasteiger partial charge in [-0.2, -0.15) is 5.10 Å². The summed E-state index contributed by atoms with van der Waals surface area (Å²) in [5, 5.41) is 15.3. The first-order valence-electron chi connectivity index (χ1n) is 8.22. The van der Waals surface area contributed by atoms with Crippen LogP contribution in [0.2, 0.25) is 0 Å². The maximum absolute atomic E-state index is 12.9. The number of hydrogen-bond acceptors (Lipinski definition) is 8. The van der Waals surface area contributed by atoms with Crippen LogP contribution in [0.3, 0.4) is 0 Å². The summed E-state index contributed by atoms with van der Waals surface area (Å²) in [4.78, 5) is 16.5. The molecule has 0 saturated heterocycles. The van der Waals surface area contributed by atoms with E-state index < -0.39 is 15.9 Å². The molecule has 3 heterocycles. The third-order valence-corrected chi connectivity index (χ3v) is 5.39. The molecule has 4 aromatic rings. The van der Waals surface area contributed by atoms with Crippen molar-refractivity contribution in [2.45, 2.75) is 18.4 Å². The second kappa shape index (κ2) is 6.81. The normalized spacial score (nSPS) is 11.6. The van der Waals surface area contributed by atoms with Crippen molar-refractivity contribution in [2.24, 2.45) is 0 Å². The minimum atomic E-state index is -4.21. The lowest BCUT2D eigenvalue weighted by atomic mass is 10.2. The van der Waals surface area contributed by atoms with Gasteiger partial charge < -0.3 is 0 Å². The van der Waals surface area contributed by atoms with Crippen LogP contribution < -0.4 is 4.72 Å². The fourth-order valence-electron chi connectivity index (χ4n) is 2.72. The maximum Gasteiger partial charge on any atom is 0.270 e. The average molecular weight is 398 g/mol. The number of benzene rings is 1. The van der Waals surface area contributed by atoms with Gasteiger partial charge in [0.2, 0.25) is 0 Å². The van der Waals surface area contributed by atoms with Crippen molar-refractivity contribution in [1.82, 2.24) is 39.5 Å². The first-order valence-corrected chi connectivity index (χ1v) is 9.70. The topological polar surface area (TPSA) is 137 Å². The molecule has 0 spiro atoms. The number of aromatic nitrogens is 7. The third kappa shape index (κ3) is 2.99. The van der Waals surface area contributed by atoms with E-state index in [9.17, 15) is 13.2 Å². The molecular formula is C16H14N8O3S. The van der Waals surface area contributed by atoms with Gasteiger partial charge in [0.05, 0.1) is 11.1 Å². The van der Waals surface area contributed by atoms with E-state index in [-0.39, 0.29) is 27.5 Å². The Hall–Kier alpha value is -3.67. The lowest BCUT2D eigenvalue weighted by Crippen LogP contribution is -2.31. The first kappa shape index (κ1) is 17.7. The molecule has 0 saturated carbocycles. The van der Waals surface area contributed by atoms with Gasteiger partial charge in [0.25, 0.3) is 15.9 Å². The number of aryl methyl sites for hydroxylation is 1. The van der Waals surface area contributed by atoms with Crippen LogP contribution in [-0.2, 0) is 16.6 Å². The van der Waals surface area contributed by atoms with Gasteiger partial charge in [-0.1, -0.05) is 12.1 Å². The SMILES string of the molecule is CCn1nnnc1-c1ccccc1S(=O)(=O)NC(=O)c1cnn2cccnc12. The minimum Gasteiger partial charge on any atom is -0.268 e. The molecule has 142 valence electrons. The highest BCUT2D eigenvalue weighted by atomic mass is 32.2. The fourth-order valence-corrected chi connectivity index (χ4v) is 3.89. The van der Waals surface area contributed by atoms with Gasteiger partial charge in [-0.3, -0.25) is 4.79 Å². The maximum atomic E-state index is 12.9. The number of nitrogens with zero attached hydrogens (tertiary/aromatic N) is 7. The number of tetrazole rings is 1. The number of rotatable bonds is 5. The van der Waals surface area contributed by atoms with Crippen molar-refractivity contribution in [3.8, 4) is 11.4 Å². The summed E-state index contributed by atoms with van der Waals surface area (Å²) >= 11 is 0. The van der Waals surface area contributed by atoms with E-state index in [4.69, 9.17) is 0 Å². The molecular weight excluding hydrogens is 384 g/mol. The zero-order valence-corrected chi connectivity index (χ0v) is 15.4. The van der Waals surface area contributed by atoms with Gasteiger partial charge in [-0.05, 0) is 35.5 Å². The lowest BCUT2D eigenvalue weighted by molar-refractivity contribution is 0.0983. The molecule has 0 aliphatic carbocycles. The van der Waals surface area contributed by atoms with Crippen LogP contribution in [-0.4, -0.2) is 49.1 Å². The molecule has 4 rings (SSSR count). The highest BCUT2D eigenvalue weighted by Crippen LogP contribution is 2.25. The summed E-state index contributed by atoms with van der Waals surface area (Å²) in [6.07, 6.45) is 4.35. The highest BCUT2D eigenvalue weighted by molar-refractivity contribution is 7.90. The van der Waals surface area contributed by atoms with Gasteiger partial charge in [0.15, 0.2) is 11.5 Å². The van der Waals surface area contributed by atoms with E-state index in [1.807, 2.05) is 6.92 Å². The Kier molecular flexibility index (Phi) is 4.31. The van der Waals surface area contributed by atoms with Crippen LogP contribution in [0.25, 0.3) is 17.0 Å². The van der Waals surface area contributed by atoms with E-state index in [2.05, 4.69) is 30.3 Å². The lowest BCUT2D eigenvalue weighted by Gasteiger charge is -2.10. The molecule has 0 fully saturated rings. The molecule has 0 atom stereocenters. The summed E-state index contributed by atoms with van der Waals surface area (Å²) in [6.45, 7) is 2.29. The van der Waals surface area contributed by atoms with Crippen LogP contribution in [0.4, 0.5) is 0 Å². The number of carbonyl (C=O) groups excluding carboxylic acids is 1. The monoisotopic (exact) mass is 398 g/mol. The Balaban J connectivity index is 1.73. The molecule has 12 heteroatoms. The summed E-state index contributed by atoms with van der Waals surface area (Å²) < 4.78 is 30.8. The highest BCUT2D eigenvalue weighted by Gasteiger charge is 2.26. The number of nitrogens with one attached hydrogen (secondary N) is 1. The predicted octanol–water partition coefficient (Wildman–Crippen LogP) is 0.521. The van der Waals surface area contributed by atoms with Crippen molar-refractivity contribution in [3.63, 3.8) is 0 Å². The molecule has 28 heavy (non-hydrogen) atoms. The van der Waals surface area contributed by atoms with Crippen LogP contribution >= 0.6 is 0 Å². The number of amides is 1. The molecule has 0 bridgehead atoms. The zero-order chi connectivity index (χ0) is 19.7. The van der Waals surface area contributed by atoms with E-state index in [0.29, 0.717) is 6.54 Å². The second-order valence-corrected chi connectivity index (χ2v) is 7.35. The van der Waals surface area contributed by atoms with Crippen molar-refractivity contribution in [2.75, 3.05) is 0 Å². The van der Waals surface area contributed by atoms with E-state index in [1.54, 1.807) is 30.5 Å². The first-order chi connectivity index (χ1) is 13.5. The molecule has 0 radical (unpaired) electrons. The standard InChI is InChI=1S/C16H14N8O3S/c1-2-23-15(19-21-22-23)11-6-3-4-7-13(11)28(26,27)20-16(25)12-10-18-24-9-5-8-17-14(12)24/h3-10H,2H2,1H3,(H,20,25). The number of carbonyl (C=O) groups is 1. The van der Waals surface area contributed by atoms with Crippen LogP contribution in [0, 0.1) is 0 Å². The van der Waals surface area contributed by atoms with Crippen molar-refractivity contribution in [1.29, 1.82) is 0 Å². The fraction of sp³-hybridized carbons (Fsp3) is 0.125. The quantitative estimate of drug-likeness (QED) is 0.514. The van der Waals surface area contributed by atoms with E-state index >= 15 is 0 Å². The molecule has 1 N–H and O–H groups in total. The number of fused-ring (bicyclic) bond motifs is 1. The van der Waals surface area contributed by atoms with E-state index in [0.717, 1.165) is 0 Å². The van der Waals surface area contributed by atoms with Crippen LogP contribution in [0.5, 0.6) is 0 Å². The predicted molar refractivity (Wildman–Crippen MR) is 96.6 cm³/mol. The van der Waals surface area contributed by atoms with Gasteiger partial charge in [-0.25, -0.2) is 27.3 Å². The Morgan fingerprint density at radius 1 is 1.21 bits per heavy atom. The summed E-state index contributed by atoms with van der Waals surface area (Å²) in [7, 11) is -4.21. The van der Waals surface area contributed by atoms with Gasteiger partial charge in [0, 0.05) is 24.5 Å². The minimum absolute atomic E-state index is 0.0417. The Morgan fingerprint density at radius 3 is 2.86 bits per heavy atom. The number of hydrogen-bond donors (Lipinski definition) is 1. The van der Waals surface area contributed by atoms with Crippen LogP contribution in [0.1, 0.15) is 17.3 Å². The summed E-state index contributed by atoms with van der Waals surface area (Å²) in [5.74, 6) is -0.549. The van der Waals surface area contributed by atoms with Gasteiger partial charge >= 0.3 is 0 Å². The van der Waals surface area contributed by atoms with E-state index in [1.165, 1.54) is 27.7 Å². The molecule has 1 amide bonds. The van der Waals surface area contributed by atoms with Gasteiger partial charge in [0.1, 0.15) is 5.56 Å². The Labute approximate surface area is 159 Å². The zero-order valence-electron chi connectivity index (χ0n) is 14.6. The van der Waals surface area contributed by atoms with Crippen molar-refractivity contribution in [3.05, 3.63) is 54.5 Å². The summed E-state index contributed by atoms with van der Waals surface area (Å²) in [5.41, 5.74) is 0.575. The molecule has 3 aromatic heterocycles. The molecule has 0 aliphatic heterocycles. The smallest absolute Gasteiger partial charge is 0.268 e. The third-order valence-electron chi connectivity index (χ3n) is 4.00. The Morgan fingerprint density at radius 2 is 2.04 bits per heavy atom. The average Bonchev–Trinajstić information content (AvgIpc) is 3.34. The number of sulfonamides is 1. The largest absolute Gasteiger partial charge is 0.270 e. The molecule has 11 nitrogen and oxygen atoms in total. The molecule has 1 aromatic carbocycles. The molecule has 0 aliphatic rings.